The fourth-order valence-corrected chi connectivity index (χ4v) is 3.43. The lowest BCUT2D eigenvalue weighted by atomic mass is 10.1. The molecule has 1 saturated heterocycles. The van der Waals surface area contributed by atoms with Crippen LogP contribution in [-0.2, 0) is 9.59 Å². The highest BCUT2D eigenvalue weighted by molar-refractivity contribution is 7.07. The predicted molar refractivity (Wildman–Crippen MR) is 84.5 cm³/mol. The number of nitrogens with zero attached hydrogens (tertiary/aromatic N) is 2. The lowest BCUT2D eigenvalue weighted by molar-refractivity contribution is -0.157. The fourth-order valence-electron chi connectivity index (χ4n) is 2.72. The summed E-state index contributed by atoms with van der Waals surface area (Å²) >= 11 is 1.55. The molecule has 24 heavy (non-hydrogen) atoms. The molecule has 0 aliphatic carbocycles. The molecule has 1 aromatic heterocycles. The van der Waals surface area contributed by atoms with Crippen LogP contribution in [0.1, 0.15) is 18.0 Å². The Morgan fingerprint density at radius 2 is 2.21 bits per heavy atom. The maximum Gasteiger partial charge on any atom is 0.406 e. The van der Waals surface area contributed by atoms with Crippen molar-refractivity contribution in [1.29, 1.82) is 0 Å². The molecule has 1 N–H and O–H groups in total. The van der Waals surface area contributed by atoms with E-state index in [2.05, 4.69) is 5.32 Å². The Morgan fingerprint density at radius 1 is 1.50 bits per heavy atom. The first-order valence-electron chi connectivity index (χ1n) is 7.48. The lowest BCUT2D eigenvalue weighted by Crippen LogP contribution is -2.39. The molecule has 2 atom stereocenters. The molecule has 2 heterocycles. The number of carbonyl (C=O) groups excluding carboxylic acids is 2. The van der Waals surface area contributed by atoms with E-state index in [0.717, 1.165) is 5.56 Å². The van der Waals surface area contributed by atoms with Crippen molar-refractivity contribution in [1.82, 2.24) is 15.1 Å². The van der Waals surface area contributed by atoms with Crippen LogP contribution < -0.4 is 5.32 Å². The van der Waals surface area contributed by atoms with Gasteiger partial charge in [-0.25, -0.2) is 0 Å². The molecule has 1 fully saturated rings. The van der Waals surface area contributed by atoms with E-state index in [1.54, 1.807) is 11.3 Å². The molecule has 1 aliphatic heterocycles. The second-order valence-electron chi connectivity index (χ2n) is 6.07. The predicted octanol–water partition coefficient (Wildman–Crippen LogP) is 1.88. The summed E-state index contributed by atoms with van der Waals surface area (Å²) in [7, 11) is 3.78. The topological polar surface area (TPSA) is 52.7 Å². The van der Waals surface area contributed by atoms with Crippen molar-refractivity contribution < 1.29 is 22.8 Å². The first-order valence-corrected chi connectivity index (χ1v) is 8.42. The van der Waals surface area contributed by atoms with E-state index in [-0.39, 0.29) is 24.9 Å². The molecule has 134 valence electrons. The number of hydrogen-bond acceptors (Lipinski definition) is 4. The van der Waals surface area contributed by atoms with E-state index in [1.807, 2.05) is 35.8 Å². The molecule has 0 saturated carbocycles. The van der Waals surface area contributed by atoms with Crippen molar-refractivity contribution in [2.45, 2.75) is 18.6 Å². The minimum Gasteiger partial charge on any atom is -0.354 e. The number of thiophene rings is 1. The van der Waals surface area contributed by atoms with Crippen LogP contribution in [0, 0.1) is 5.92 Å². The summed E-state index contributed by atoms with van der Waals surface area (Å²) in [4.78, 5) is 26.5. The summed E-state index contributed by atoms with van der Waals surface area (Å²) in [6, 6.07) is 1.94. The van der Waals surface area contributed by atoms with Crippen LogP contribution in [-0.4, -0.2) is 61.5 Å². The van der Waals surface area contributed by atoms with Gasteiger partial charge in [-0.2, -0.15) is 24.5 Å². The molecule has 9 heteroatoms. The molecule has 0 bridgehead atoms. The van der Waals surface area contributed by atoms with Gasteiger partial charge in [-0.3, -0.25) is 9.59 Å². The van der Waals surface area contributed by atoms with Gasteiger partial charge < -0.3 is 15.1 Å². The smallest absolute Gasteiger partial charge is 0.354 e. The first kappa shape index (κ1) is 18.7. The van der Waals surface area contributed by atoms with Crippen LogP contribution in [0.5, 0.6) is 0 Å². The zero-order chi connectivity index (χ0) is 17.9. The van der Waals surface area contributed by atoms with Crippen molar-refractivity contribution >= 4 is 23.2 Å². The Balaban J connectivity index is 1.90. The summed E-state index contributed by atoms with van der Waals surface area (Å²) < 4.78 is 37.2. The highest BCUT2D eigenvalue weighted by atomic mass is 32.1. The number of amides is 2. The van der Waals surface area contributed by atoms with Gasteiger partial charge in [-0.15, -0.1) is 0 Å². The van der Waals surface area contributed by atoms with Crippen LogP contribution >= 0.6 is 11.3 Å². The summed E-state index contributed by atoms with van der Waals surface area (Å²) in [6.45, 7) is -1.15. The Kier molecular flexibility index (Phi) is 5.87. The van der Waals surface area contributed by atoms with E-state index < -0.39 is 24.5 Å². The number of rotatable bonds is 6. The second kappa shape index (κ2) is 7.52. The monoisotopic (exact) mass is 363 g/mol. The van der Waals surface area contributed by atoms with Crippen molar-refractivity contribution in [3.05, 3.63) is 22.4 Å². The van der Waals surface area contributed by atoms with Crippen LogP contribution in [0.15, 0.2) is 16.8 Å². The first-order chi connectivity index (χ1) is 11.2. The van der Waals surface area contributed by atoms with Gasteiger partial charge in [0.2, 0.25) is 11.8 Å². The number of alkyl halides is 3. The number of halogens is 3. The van der Waals surface area contributed by atoms with Gasteiger partial charge >= 0.3 is 6.18 Å². The van der Waals surface area contributed by atoms with E-state index in [1.165, 1.54) is 0 Å². The number of nitrogens with one attached hydrogen (secondary N) is 1. The Hall–Kier alpha value is -1.61. The van der Waals surface area contributed by atoms with E-state index in [4.69, 9.17) is 0 Å². The third kappa shape index (κ3) is 4.94. The zero-order valence-corrected chi connectivity index (χ0v) is 14.3. The highest BCUT2D eigenvalue weighted by Crippen LogP contribution is 2.24. The van der Waals surface area contributed by atoms with Gasteiger partial charge in [-0.05, 0) is 36.5 Å². The SMILES string of the molecule is CN(C)[C@@H](CNC(=O)[C@@H]1CC(=O)N(CC(F)(F)F)C1)c1ccsc1. The largest absolute Gasteiger partial charge is 0.406 e. The molecule has 5 nitrogen and oxygen atoms in total. The number of hydrogen-bond donors (Lipinski definition) is 1. The zero-order valence-electron chi connectivity index (χ0n) is 13.5. The molecule has 0 aromatic carbocycles. The Morgan fingerprint density at radius 3 is 2.75 bits per heavy atom. The number of carbonyl (C=O) groups is 2. The minimum atomic E-state index is -4.45. The van der Waals surface area contributed by atoms with Gasteiger partial charge in [0.15, 0.2) is 0 Å². The average molecular weight is 363 g/mol. The summed E-state index contributed by atoms with van der Waals surface area (Å²) in [5.74, 6) is -1.74. The summed E-state index contributed by atoms with van der Waals surface area (Å²) in [5, 5.41) is 6.69. The fraction of sp³-hybridized carbons (Fsp3) is 0.600. The number of likely N-dealkylation sites (tertiary alicyclic amines) is 1. The van der Waals surface area contributed by atoms with Gasteiger partial charge in [0, 0.05) is 19.5 Å². The van der Waals surface area contributed by atoms with Gasteiger partial charge in [0.1, 0.15) is 6.54 Å². The minimum absolute atomic E-state index is 0.0245. The van der Waals surface area contributed by atoms with E-state index >= 15 is 0 Å². The summed E-state index contributed by atoms with van der Waals surface area (Å²) in [5.41, 5.74) is 1.06. The van der Waals surface area contributed by atoms with E-state index in [9.17, 15) is 22.8 Å². The molecule has 1 aliphatic rings. The van der Waals surface area contributed by atoms with Crippen molar-refractivity contribution in [3.63, 3.8) is 0 Å². The molecule has 0 spiro atoms. The Bertz CT molecular complexity index is 575. The van der Waals surface area contributed by atoms with Gasteiger partial charge in [-0.1, -0.05) is 0 Å². The second-order valence-corrected chi connectivity index (χ2v) is 6.85. The van der Waals surface area contributed by atoms with Gasteiger partial charge in [0.05, 0.1) is 12.0 Å². The van der Waals surface area contributed by atoms with Crippen LogP contribution in [0.3, 0.4) is 0 Å². The van der Waals surface area contributed by atoms with Crippen LogP contribution in [0.25, 0.3) is 0 Å². The molecular weight excluding hydrogens is 343 g/mol. The maximum atomic E-state index is 12.4. The third-order valence-electron chi connectivity index (χ3n) is 3.98. The standard InChI is InChI=1S/C15H20F3N3O2S/c1-20(2)12(10-3-4-24-8-10)6-19-14(23)11-5-13(22)21(7-11)9-15(16,17)18/h3-4,8,11-12H,5-7,9H2,1-2H3,(H,19,23)/t11-,12+/m1/s1. The summed E-state index contributed by atoms with van der Waals surface area (Å²) in [6.07, 6.45) is -4.62. The quantitative estimate of drug-likeness (QED) is 0.840. The maximum absolute atomic E-state index is 12.4. The third-order valence-corrected chi connectivity index (χ3v) is 4.68. The molecule has 0 radical (unpaired) electrons. The average Bonchev–Trinajstić information content (AvgIpc) is 3.08. The van der Waals surface area contributed by atoms with Crippen molar-refractivity contribution in [2.24, 2.45) is 5.92 Å². The van der Waals surface area contributed by atoms with E-state index in [0.29, 0.717) is 11.4 Å². The molecule has 2 amide bonds. The highest BCUT2D eigenvalue weighted by Gasteiger charge is 2.40. The molecule has 0 unspecified atom stereocenters. The molecular formula is C15H20F3N3O2S. The van der Waals surface area contributed by atoms with Crippen LogP contribution in [0.2, 0.25) is 0 Å². The lowest BCUT2D eigenvalue weighted by Gasteiger charge is -2.24. The Labute approximate surface area is 142 Å². The molecule has 1 aromatic rings. The van der Waals surface area contributed by atoms with Crippen molar-refractivity contribution in [3.8, 4) is 0 Å². The van der Waals surface area contributed by atoms with Crippen LogP contribution in [0.4, 0.5) is 13.2 Å². The normalized spacial score (nSPS) is 19.8. The van der Waals surface area contributed by atoms with Gasteiger partial charge in [0.25, 0.3) is 0 Å². The molecule has 2 rings (SSSR count). The number of likely N-dealkylation sites (N-methyl/N-ethyl adjacent to an activating group) is 1. The van der Waals surface area contributed by atoms with Crippen molar-refractivity contribution in [2.75, 3.05) is 33.7 Å².